The van der Waals surface area contributed by atoms with E-state index in [1.807, 2.05) is 24.5 Å². The highest BCUT2D eigenvalue weighted by Gasteiger charge is 2.25. The van der Waals surface area contributed by atoms with Crippen LogP contribution in [-0.4, -0.2) is 57.9 Å². The second kappa shape index (κ2) is 8.53. The van der Waals surface area contributed by atoms with Crippen molar-refractivity contribution in [2.45, 2.75) is 37.8 Å². The Bertz CT molecular complexity index is 913. The average Bonchev–Trinajstić information content (AvgIpc) is 3.40. The average molecular weight is 383 g/mol. The van der Waals surface area contributed by atoms with E-state index in [-0.39, 0.29) is 18.1 Å². The molecule has 0 unspecified atom stereocenters. The van der Waals surface area contributed by atoms with Crippen LogP contribution in [0.25, 0.3) is 16.7 Å². The lowest BCUT2D eigenvalue weighted by atomic mass is 9.93. The molecule has 3 aromatic heterocycles. The van der Waals surface area contributed by atoms with E-state index in [1.54, 1.807) is 24.2 Å². The van der Waals surface area contributed by atoms with Crippen LogP contribution < -0.4 is 5.32 Å². The SMILES string of the molecule is COCCO[C@H]1CC[C@H](NC(=O)c2nc(-n3ccnc3)cc3cc[nH]c23)CC1. The Kier molecular flexibility index (Phi) is 5.68. The molecule has 1 aliphatic carbocycles. The van der Waals surface area contributed by atoms with Gasteiger partial charge < -0.3 is 19.8 Å². The third kappa shape index (κ3) is 4.07. The third-order valence-corrected chi connectivity index (χ3v) is 5.16. The number of carbonyl (C=O) groups excluding carboxylic acids is 1. The molecule has 8 heteroatoms. The van der Waals surface area contributed by atoms with Crippen LogP contribution in [0.1, 0.15) is 36.2 Å². The number of hydrogen-bond acceptors (Lipinski definition) is 5. The van der Waals surface area contributed by atoms with Gasteiger partial charge in [0.15, 0.2) is 5.69 Å². The van der Waals surface area contributed by atoms with E-state index in [0.717, 1.165) is 36.6 Å². The number of pyridine rings is 1. The zero-order chi connectivity index (χ0) is 19.3. The maximum absolute atomic E-state index is 13.0. The molecule has 28 heavy (non-hydrogen) atoms. The summed E-state index contributed by atoms with van der Waals surface area (Å²) < 4.78 is 12.6. The van der Waals surface area contributed by atoms with Crippen LogP contribution >= 0.6 is 0 Å². The molecule has 0 aliphatic heterocycles. The van der Waals surface area contributed by atoms with Crippen LogP contribution in [0.15, 0.2) is 37.1 Å². The van der Waals surface area contributed by atoms with Gasteiger partial charge in [-0.25, -0.2) is 9.97 Å². The third-order valence-electron chi connectivity index (χ3n) is 5.16. The van der Waals surface area contributed by atoms with E-state index in [1.165, 1.54) is 0 Å². The topological polar surface area (TPSA) is 94.1 Å². The number of H-pyrrole nitrogens is 1. The lowest BCUT2D eigenvalue weighted by molar-refractivity contribution is -0.00409. The van der Waals surface area contributed by atoms with E-state index in [2.05, 4.69) is 20.3 Å². The molecule has 0 spiro atoms. The summed E-state index contributed by atoms with van der Waals surface area (Å²) >= 11 is 0. The number of amides is 1. The standard InChI is InChI=1S/C20H25N5O3/c1-27-10-11-28-16-4-2-15(3-5-16)23-20(26)19-18-14(6-7-22-18)12-17(24-19)25-9-8-21-13-25/h6-9,12-13,15-16,22H,2-5,10-11H2,1H3,(H,23,26)/t15-,16-. The molecule has 0 saturated heterocycles. The van der Waals surface area contributed by atoms with Crippen molar-refractivity contribution >= 4 is 16.8 Å². The summed E-state index contributed by atoms with van der Waals surface area (Å²) in [7, 11) is 1.67. The minimum Gasteiger partial charge on any atom is -0.382 e. The Morgan fingerprint density at radius 3 is 2.93 bits per heavy atom. The normalized spacial score (nSPS) is 19.8. The van der Waals surface area contributed by atoms with Crippen LogP contribution in [0.5, 0.6) is 0 Å². The Morgan fingerprint density at radius 2 is 2.18 bits per heavy atom. The Labute approximate surface area is 163 Å². The highest BCUT2D eigenvalue weighted by molar-refractivity contribution is 6.04. The van der Waals surface area contributed by atoms with Crippen molar-refractivity contribution < 1.29 is 14.3 Å². The van der Waals surface area contributed by atoms with Gasteiger partial charge in [-0.05, 0) is 37.8 Å². The molecule has 0 atom stereocenters. The molecule has 1 aliphatic rings. The van der Waals surface area contributed by atoms with Gasteiger partial charge in [0.1, 0.15) is 12.1 Å². The lowest BCUT2D eigenvalue weighted by Crippen LogP contribution is -2.39. The Balaban J connectivity index is 1.44. The van der Waals surface area contributed by atoms with Gasteiger partial charge in [0.2, 0.25) is 0 Å². The van der Waals surface area contributed by atoms with Crippen molar-refractivity contribution in [3.63, 3.8) is 0 Å². The zero-order valence-electron chi connectivity index (χ0n) is 15.9. The van der Waals surface area contributed by atoms with Crippen LogP contribution in [0, 0.1) is 0 Å². The van der Waals surface area contributed by atoms with E-state index in [0.29, 0.717) is 24.7 Å². The summed E-state index contributed by atoms with van der Waals surface area (Å²) in [6, 6.07) is 4.02. The van der Waals surface area contributed by atoms with E-state index in [4.69, 9.17) is 9.47 Å². The minimum absolute atomic E-state index is 0.137. The first kappa shape index (κ1) is 18.6. The fraction of sp³-hybridized carbons (Fsp3) is 0.450. The smallest absolute Gasteiger partial charge is 0.272 e. The number of carbonyl (C=O) groups is 1. The molecule has 0 radical (unpaired) electrons. The van der Waals surface area contributed by atoms with Crippen molar-refractivity contribution in [3.8, 4) is 5.82 Å². The number of fused-ring (bicyclic) bond motifs is 1. The van der Waals surface area contributed by atoms with Crippen molar-refractivity contribution in [2.75, 3.05) is 20.3 Å². The van der Waals surface area contributed by atoms with E-state index < -0.39 is 0 Å². The highest BCUT2D eigenvalue weighted by atomic mass is 16.5. The van der Waals surface area contributed by atoms with Crippen molar-refractivity contribution in [3.05, 3.63) is 42.7 Å². The number of nitrogens with zero attached hydrogens (tertiary/aromatic N) is 3. The number of ether oxygens (including phenoxy) is 2. The molecular formula is C20H25N5O3. The maximum atomic E-state index is 13.0. The molecule has 2 N–H and O–H groups in total. The van der Waals surface area contributed by atoms with Crippen LogP contribution in [0.3, 0.4) is 0 Å². The quantitative estimate of drug-likeness (QED) is 0.611. The molecular weight excluding hydrogens is 358 g/mol. The predicted octanol–water partition coefficient (Wildman–Crippen LogP) is 2.45. The van der Waals surface area contributed by atoms with Gasteiger partial charge in [0.25, 0.3) is 5.91 Å². The Morgan fingerprint density at radius 1 is 1.32 bits per heavy atom. The van der Waals surface area contributed by atoms with Gasteiger partial charge in [0.05, 0.1) is 24.8 Å². The molecule has 3 aromatic rings. The second-order valence-electron chi connectivity index (χ2n) is 7.05. The van der Waals surface area contributed by atoms with Gasteiger partial charge in [-0.15, -0.1) is 0 Å². The summed E-state index contributed by atoms with van der Waals surface area (Å²) in [6.07, 6.45) is 10.9. The molecule has 0 bridgehead atoms. The number of hydrogen-bond donors (Lipinski definition) is 2. The van der Waals surface area contributed by atoms with Gasteiger partial charge >= 0.3 is 0 Å². The maximum Gasteiger partial charge on any atom is 0.272 e. The molecule has 8 nitrogen and oxygen atoms in total. The van der Waals surface area contributed by atoms with Gasteiger partial charge in [-0.2, -0.15) is 0 Å². The highest BCUT2D eigenvalue weighted by Crippen LogP contribution is 2.23. The molecule has 3 heterocycles. The number of methoxy groups -OCH3 is 1. The molecule has 1 fully saturated rings. The molecule has 4 rings (SSSR count). The monoisotopic (exact) mass is 383 g/mol. The number of nitrogens with one attached hydrogen (secondary N) is 2. The largest absolute Gasteiger partial charge is 0.382 e. The van der Waals surface area contributed by atoms with Gasteiger partial charge in [-0.1, -0.05) is 0 Å². The second-order valence-corrected chi connectivity index (χ2v) is 7.05. The predicted molar refractivity (Wildman–Crippen MR) is 105 cm³/mol. The first-order valence-electron chi connectivity index (χ1n) is 9.62. The number of aromatic amines is 1. The van der Waals surface area contributed by atoms with Crippen molar-refractivity contribution in [1.29, 1.82) is 0 Å². The first-order valence-corrected chi connectivity index (χ1v) is 9.62. The zero-order valence-corrected chi connectivity index (χ0v) is 15.9. The summed E-state index contributed by atoms with van der Waals surface area (Å²) in [5.41, 5.74) is 1.16. The van der Waals surface area contributed by atoms with Gasteiger partial charge in [0, 0.05) is 37.1 Å². The fourth-order valence-electron chi connectivity index (χ4n) is 3.67. The van der Waals surface area contributed by atoms with Crippen molar-refractivity contribution in [2.24, 2.45) is 0 Å². The van der Waals surface area contributed by atoms with E-state index >= 15 is 0 Å². The van der Waals surface area contributed by atoms with Crippen LogP contribution in [0.4, 0.5) is 0 Å². The van der Waals surface area contributed by atoms with Gasteiger partial charge in [-0.3, -0.25) is 9.36 Å². The Hall–Kier alpha value is -2.71. The number of rotatable bonds is 7. The molecule has 1 saturated carbocycles. The first-order chi connectivity index (χ1) is 13.7. The number of aromatic nitrogens is 4. The summed E-state index contributed by atoms with van der Waals surface area (Å²) in [4.78, 5) is 24.8. The summed E-state index contributed by atoms with van der Waals surface area (Å²) in [5.74, 6) is 0.517. The number of imidazole rings is 1. The minimum atomic E-state index is -0.154. The summed E-state index contributed by atoms with van der Waals surface area (Å²) in [6.45, 7) is 1.23. The fourth-order valence-corrected chi connectivity index (χ4v) is 3.67. The van der Waals surface area contributed by atoms with Crippen LogP contribution in [-0.2, 0) is 9.47 Å². The molecule has 0 aromatic carbocycles. The van der Waals surface area contributed by atoms with E-state index in [9.17, 15) is 4.79 Å². The molecule has 1 amide bonds. The van der Waals surface area contributed by atoms with Crippen molar-refractivity contribution in [1.82, 2.24) is 24.8 Å². The summed E-state index contributed by atoms with van der Waals surface area (Å²) in [5, 5.41) is 4.09. The molecule has 148 valence electrons. The lowest BCUT2D eigenvalue weighted by Gasteiger charge is -2.29. The van der Waals surface area contributed by atoms with Crippen LogP contribution in [0.2, 0.25) is 0 Å².